The second-order valence-corrected chi connectivity index (χ2v) is 5.09. The van der Waals surface area contributed by atoms with Crippen molar-refractivity contribution in [2.24, 2.45) is 5.92 Å². The van der Waals surface area contributed by atoms with Crippen LogP contribution in [-0.4, -0.2) is 49.7 Å². The van der Waals surface area contributed by atoms with E-state index in [0.29, 0.717) is 5.92 Å². The fourth-order valence-corrected chi connectivity index (χ4v) is 2.74. The Hall–Kier alpha value is -0.320. The predicted octanol–water partition coefficient (Wildman–Crippen LogP) is 1.05. The first-order valence-electron chi connectivity index (χ1n) is 6.23. The molecule has 1 amide bonds. The number of nitrogens with zero attached hydrogens (tertiary/aromatic N) is 1. The first kappa shape index (κ1) is 14.7. The van der Waals surface area contributed by atoms with Crippen molar-refractivity contribution in [3.05, 3.63) is 0 Å². The van der Waals surface area contributed by atoms with Gasteiger partial charge in [0.1, 0.15) is 5.60 Å². The molecule has 2 heterocycles. The Morgan fingerprint density at radius 2 is 2.06 bits per heavy atom. The second-order valence-electron chi connectivity index (χ2n) is 5.09. The molecular formula is C12H23ClN2O2. The molecule has 0 aromatic heterocycles. The Morgan fingerprint density at radius 3 is 2.53 bits per heavy atom. The monoisotopic (exact) mass is 262 g/mol. The van der Waals surface area contributed by atoms with Gasteiger partial charge in [0, 0.05) is 20.2 Å². The number of hydrogen-bond acceptors (Lipinski definition) is 3. The molecule has 4 nitrogen and oxygen atoms in total. The second kappa shape index (κ2) is 6.03. The lowest BCUT2D eigenvalue weighted by Gasteiger charge is -2.37. The largest absolute Gasteiger partial charge is 0.368 e. The number of piperidine rings is 1. The third-order valence-electron chi connectivity index (χ3n) is 3.90. The van der Waals surface area contributed by atoms with Gasteiger partial charge in [0.25, 0.3) is 5.91 Å². The summed E-state index contributed by atoms with van der Waals surface area (Å²) in [5.74, 6) is 0.848. The molecule has 0 spiro atoms. The molecule has 2 saturated heterocycles. The van der Waals surface area contributed by atoms with Crippen LogP contribution in [-0.2, 0) is 9.53 Å². The molecule has 17 heavy (non-hydrogen) atoms. The lowest BCUT2D eigenvalue weighted by molar-refractivity contribution is -0.157. The summed E-state index contributed by atoms with van der Waals surface area (Å²) in [4.78, 5) is 14.5. The van der Waals surface area contributed by atoms with Gasteiger partial charge in [-0.2, -0.15) is 0 Å². The molecule has 2 aliphatic rings. The minimum atomic E-state index is -0.546. The molecule has 0 aliphatic carbocycles. The maximum absolute atomic E-state index is 12.5. The normalized spacial score (nSPS) is 27.6. The van der Waals surface area contributed by atoms with E-state index in [1.165, 1.54) is 0 Å². The van der Waals surface area contributed by atoms with Crippen molar-refractivity contribution in [2.45, 2.75) is 31.8 Å². The van der Waals surface area contributed by atoms with Gasteiger partial charge in [-0.1, -0.05) is 6.92 Å². The average Bonchev–Trinajstić information content (AvgIpc) is 2.76. The lowest BCUT2D eigenvalue weighted by atomic mass is 9.90. The van der Waals surface area contributed by atoms with Crippen LogP contribution in [0.25, 0.3) is 0 Å². The van der Waals surface area contributed by atoms with E-state index in [0.717, 1.165) is 45.4 Å². The zero-order chi connectivity index (χ0) is 11.6. The van der Waals surface area contributed by atoms with Gasteiger partial charge in [0.2, 0.25) is 0 Å². The van der Waals surface area contributed by atoms with Crippen LogP contribution in [0.5, 0.6) is 0 Å². The van der Waals surface area contributed by atoms with E-state index in [1.807, 2.05) is 4.90 Å². The fourth-order valence-electron chi connectivity index (χ4n) is 2.74. The number of carbonyl (C=O) groups excluding carboxylic acids is 1. The highest BCUT2D eigenvalue weighted by Crippen LogP contribution is 2.28. The summed E-state index contributed by atoms with van der Waals surface area (Å²) in [6.07, 6.45) is 2.73. The predicted molar refractivity (Wildman–Crippen MR) is 69.5 cm³/mol. The molecule has 2 fully saturated rings. The molecular weight excluding hydrogens is 240 g/mol. The van der Waals surface area contributed by atoms with Gasteiger partial charge in [-0.3, -0.25) is 4.79 Å². The van der Waals surface area contributed by atoms with Gasteiger partial charge in [0.15, 0.2) is 0 Å². The van der Waals surface area contributed by atoms with Crippen LogP contribution in [0.4, 0.5) is 0 Å². The molecule has 1 atom stereocenters. The summed E-state index contributed by atoms with van der Waals surface area (Å²) >= 11 is 0. The number of hydrogen-bond donors (Lipinski definition) is 1. The average molecular weight is 263 g/mol. The molecule has 2 aliphatic heterocycles. The minimum Gasteiger partial charge on any atom is -0.368 e. The van der Waals surface area contributed by atoms with Crippen molar-refractivity contribution in [3.8, 4) is 0 Å². The summed E-state index contributed by atoms with van der Waals surface area (Å²) in [5, 5.41) is 3.28. The van der Waals surface area contributed by atoms with Gasteiger partial charge in [-0.05, 0) is 38.3 Å². The van der Waals surface area contributed by atoms with E-state index in [-0.39, 0.29) is 18.3 Å². The third kappa shape index (κ3) is 2.92. The van der Waals surface area contributed by atoms with Crippen molar-refractivity contribution in [1.29, 1.82) is 0 Å². The first-order chi connectivity index (χ1) is 7.68. The van der Waals surface area contributed by atoms with Crippen molar-refractivity contribution >= 4 is 18.3 Å². The first-order valence-corrected chi connectivity index (χ1v) is 6.23. The molecule has 100 valence electrons. The highest BCUT2D eigenvalue weighted by Gasteiger charge is 2.43. The van der Waals surface area contributed by atoms with E-state index < -0.39 is 5.60 Å². The summed E-state index contributed by atoms with van der Waals surface area (Å²) < 4.78 is 5.56. The van der Waals surface area contributed by atoms with Gasteiger partial charge < -0.3 is 15.0 Å². The van der Waals surface area contributed by atoms with E-state index in [4.69, 9.17) is 4.74 Å². The quantitative estimate of drug-likeness (QED) is 0.809. The zero-order valence-corrected chi connectivity index (χ0v) is 11.5. The summed E-state index contributed by atoms with van der Waals surface area (Å²) in [7, 11) is 1.67. The Labute approximate surface area is 109 Å². The minimum absolute atomic E-state index is 0. The maximum atomic E-state index is 12.5. The molecule has 0 bridgehead atoms. The Morgan fingerprint density at radius 1 is 1.41 bits per heavy atom. The number of halogens is 1. The van der Waals surface area contributed by atoms with Gasteiger partial charge in [-0.15, -0.1) is 12.4 Å². The highest BCUT2D eigenvalue weighted by atomic mass is 35.5. The van der Waals surface area contributed by atoms with Crippen molar-refractivity contribution in [3.63, 3.8) is 0 Å². The van der Waals surface area contributed by atoms with Crippen molar-refractivity contribution < 1.29 is 9.53 Å². The smallest absolute Gasteiger partial charge is 0.254 e. The Balaban J connectivity index is 0.00000144. The van der Waals surface area contributed by atoms with Gasteiger partial charge in [0.05, 0.1) is 0 Å². The molecule has 2 rings (SSSR count). The van der Waals surface area contributed by atoms with Crippen LogP contribution < -0.4 is 5.32 Å². The van der Waals surface area contributed by atoms with Crippen molar-refractivity contribution in [1.82, 2.24) is 10.2 Å². The number of carbonyl (C=O) groups is 1. The van der Waals surface area contributed by atoms with Crippen LogP contribution >= 0.6 is 12.4 Å². The molecule has 0 aromatic rings. The Kier molecular flexibility index (Phi) is 5.22. The van der Waals surface area contributed by atoms with Crippen LogP contribution in [0.15, 0.2) is 0 Å². The zero-order valence-electron chi connectivity index (χ0n) is 10.7. The number of amides is 1. The molecule has 0 radical (unpaired) electrons. The number of methoxy groups -OCH3 is 1. The molecule has 0 saturated carbocycles. The molecule has 1 unspecified atom stereocenters. The van der Waals surface area contributed by atoms with Gasteiger partial charge in [-0.25, -0.2) is 0 Å². The molecule has 0 aromatic carbocycles. The van der Waals surface area contributed by atoms with E-state index in [1.54, 1.807) is 7.11 Å². The Bertz CT molecular complexity index is 267. The van der Waals surface area contributed by atoms with E-state index >= 15 is 0 Å². The van der Waals surface area contributed by atoms with Crippen molar-refractivity contribution in [2.75, 3.05) is 33.3 Å². The lowest BCUT2D eigenvalue weighted by Crippen LogP contribution is -2.54. The topological polar surface area (TPSA) is 41.6 Å². The SMILES string of the molecule is COC1(C(=O)N2CCC(C)C2)CCNCC1.Cl. The summed E-state index contributed by atoms with van der Waals surface area (Å²) in [6, 6.07) is 0. The van der Waals surface area contributed by atoms with Crippen LogP contribution in [0.1, 0.15) is 26.2 Å². The fraction of sp³-hybridized carbons (Fsp3) is 0.917. The number of likely N-dealkylation sites (tertiary alicyclic amines) is 1. The highest BCUT2D eigenvalue weighted by molar-refractivity contribution is 5.86. The number of rotatable bonds is 2. The van der Waals surface area contributed by atoms with Crippen LogP contribution in [0.3, 0.4) is 0 Å². The molecule has 5 heteroatoms. The standard InChI is InChI=1S/C12H22N2O2.ClH/c1-10-3-8-14(9-10)11(15)12(16-2)4-6-13-7-5-12;/h10,13H,3-9H2,1-2H3;1H. The number of ether oxygens (including phenoxy) is 1. The maximum Gasteiger partial charge on any atom is 0.254 e. The van der Waals surface area contributed by atoms with E-state index in [9.17, 15) is 4.79 Å². The third-order valence-corrected chi connectivity index (χ3v) is 3.90. The van der Waals surface area contributed by atoms with E-state index in [2.05, 4.69) is 12.2 Å². The summed E-state index contributed by atoms with van der Waals surface area (Å²) in [5.41, 5.74) is -0.546. The summed E-state index contributed by atoms with van der Waals surface area (Å²) in [6.45, 7) is 5.76. The van der Waals surface area contributed by atoms with Crippen LogP contribution in [0.2, 0.25) is 0 Å². The molecule has 1 N–H and O–H groups in total. The number of nitrogens with one attached hydrogen (secondary N) is 1. The van der Waals surface area contributed by atoms with Gasteiger partial charge >= 0.3 is 0 Å². The van der Waals surface area contributed by atoms with Crippen LogP contribution in [0, 0.1) is 5.92 Å².